The Morgan fingerprint density at radius 3 is 1.93 bits per heavy atom. The fraction of sp³-hybridized carbons (Fsp3) is 0.200. The van der Waals surface area contributed by atoms with Gasteiger partial charge in [-0.1, -0.05) is 0 Å². The maximum Gasteiger partial charge on any atom is 0.270 e. The van der Waals surface area contributed by atoms with Crippen molar-refractivity contribution in [1.29, 1.82) is 0 Å². The van der Waals surface area contributed by atoms with E-state index in [1.165, 1.54) is 26.4 Å². The highest BCUT2D eigenvalue weighted by Gasteiger charge is 2.01. The van der Waals surface area contributed by atoms with E-state index in [-0.39, 0.29) is 0 Å². The Morgan fingerprint density at radius 1 is 1.07 bits per heavy atom. The summed E-state index contributed by atoms with van der Waals surface area (Å²) in [5.41, 5.74) is 0.348. The Kier molecular flexibility index (Phi) is 3.45. The van der Waals surface area contributed by atoms with Gasteiger partial charge < -0.3 is 9.47 Å². The fourth-order valence-electron chi connectivity index (χ4n) is 1.04. The number of hydrogen-bond acceptors (Lipinski definition) is 2. The quantitative estimate of drug-likeness (QED) is 0.746. The number of hydrogen-bond donors (Lipinski definition) is 0. The van der Waals surface area contributed by atoms with Crippen LogP contribution < -0.4 is 9.47 Å². The van der Waals surface area contributed by atoms with Gasteiger partial charge in [0.2, 0.25) is 0 Å². The first kappa shape index (κ1) is 10.5. The summed E-state index contributed by atoms with van der Waals surface area (Å²) in [5.74, 6) is 0.966. The highest BCUT2D eigenvalue weighted by molar-refractivity contribution is 5.55. The van der Waals surface area contributed by atoms with Crippen LogP contribution in [-0.4, -0.2) is 14.2 Å². The molecule has 0 saturated heterocycles. The molecule has 0 unspecified atom stereocenters. The molecule has 0 aliphatic carbocycles. The number of ether oxygens (including phenoxy) is 2. The van der Waals surface area contributed by atoms with Crippen LogP contribution >= 0.6 is 0 Å². The molecular formula is C10H10F2O2. The molecule has 0 bridgehead atoms. The van der Waals surface area contributed by atoms with E-state index in [0.717, 1.165) is 6.08 Å². The fourth-order valence-corrected chi connectivity index (χ4v) is 1.04. The maximum atomic E-state index is 12.0. The van der Waals surface area contributed by atoms with Gasteiger partial charge in [-0.3, -0.25) is 0 Å². The highest BCUT2D eigenvalue weighted by Crippen LogP contribution is 2.24. The molecule has 0 aromatic heterocycles. The number of rotatable bonds is 3. The molecule has 1 rings (SSSR count). The molecule has 0 N–H and O–H groups in total. The Morgan fingerprint density at radius 2 is 1.57 bits per heavy atom. The number of methoxy groups -OCH3 is 2. The van der Waals surface area contributed by atoms with E-state index in [1.54, 1.807) is 6.07 Å². The predicted octanol–water partition coefficient (Wildman–Crippen LogP) is 2.94. The van der Waals surface area contributed by atoms with Crippen molar-refractivity contribution in [2.75, 3.05) is 14.2 Å². The van der Waals surface area contributed by atoms with Crippen molar-refractivity contribution in [3.8, 4) is 11.5 Å². The molecule has 14 heavy (non-hydrogen) atoms. The van der Waals surface area contributed by atoms with Crippen molar-refractivity contribution in [3.63, 3.8) is 0 Å². The van der Waals surface area contributed by atoms with Gasteiger partial charge in [-0.2, -0.15) is 8.78 Å². The van der Waals surface area contributed by atoms with Crippen LogP contribution in [0.3, 0.4) is 0 Å². The SMILES string of the molecule is COc1cc(C=C(F)F)cc(OC)c1. The molecule has 0 aliphatic heterocycles. The highest BCUT2D eigenvalue weighted by atomic mass is 19.3. The zero-order chi connectivity index (χ0) is 10.6. The number of benzene rings is 1. The van der Waals surface area contributed by atoms with Crippen LogP contribution in [0.4, 0.5) is 8.78 Å². The van der Waals surface area contributed by atoms with E-state index in [4.69, 9.17) is 9.47 Å². The molecule has 0 spiro atoms. The average molecular weight is 200 g/mol. The molecule has 0 radical (unpaired) electrons. The van der Waals surface area contributed by atoms with Gasteiger partial charge in [0.1, 0.15) is 11.5 Å². The van der Waals surface area contributed by atoms with Crippen LogP contribution in [-0.2, 0) is 0 Å². The second-order valence-corrected chi connectivity index (χ2v) is 2.58. The summed E-state index contributed by atoms with van der Waals surface area (Å²) in [4.78, 5) is 0. The lowest BCUT2D eigenvalue weighted by Crippen LogP contribution is -1.88. The van der Waals surface area contributed by atoms with Gasteiger partial charge in [-0.15, -0.1) is 0 Å². The summed E-state index contributed by atoms with van der Waals surface area (Å²) in [6, 6.07) is 4.62. The minimum Gasteiger partial charge on any atom is -0.497 e. The van der Waals surface area contributed by atoms with Crippen molar-refractivity contribution >= 4 is 6.08 Å². The second kappa shape index (κ2) is 4.60. The molecule has 2 nitrogen and oxygen atoms in total. The van der Waals surface area contributed by atoms with Gasteiger partial charge in [0.05, 0.1) is 14.2 Å². The van der Waals surface area contributed by atoms with Crippen LogP contribution in [0.2, 0.25) is 0 Å². The van der Waals surface area contributed by atoms with E-state index in [9.17, 15) is 8.78 Å². The van der Waals surface area contributed by atoms with Crippen LogP contribution in [0.5, 0.6) is 11.5 Å². The maximum absolute atomic E-state index is 12.0. The summed E-state index contributed by atoms with van der Waals surface area (Å²) >= 11 is 0. The summed E-state index contributed by atoms with van der Waals surface area (Å²) in [6.07, 6.45) is -0.995. The zero-order valence-corrected chi connectivity index (χ0v) is 7.88. The van der Waals surface area contributed by atoms with Crippen LogP contribution in [0.1, 0.15) is 5.56 Å². The van der Waals surface area contributed by atoms with Crippen LogP contribution in [0.15, 0.2) is 24.3 Å². The van der Waals surface area contributed by atoms with Crippen molar-refractivity contribution in [2.45, 2.75) is 0 Å². The summed E-state index contributed by atoms with van der Waals surface area (Å²) in [5, 5.41) is 0. The predicted molar refractivity (Wildman–Crippen MR) is 49.7 cm³/mol. The monoisotopic (exact) mass is 200 g/mol. The average Bonchev–Trinajstić information content (AvgIpc) is 2.16. The van der Waals surface area contributed by atoms with E-state index in [0.29, 0.717) is 17.1 Å². The molecule has 4 heteroatoms. The normalized spacial score (nSPS) is 9.43. The molecule has 1 aromatic rings. The molecule has 0 fully saturated rings. The standard InChI is InChI=1S/C10H10F2O2/c1-13-8-3-7(5-10(11)12)4-9(6-8)14-2/h3-6H,1-2H3. The third-order valence-electron chi connectivity index (χ3n) is 1.65. The Bertz CT molecular complexity index is 322. The number of halogens is 2. The zero-order valence-electron chi connectivity index (χ0n) is 7.88. The van der Waals surface area contributed by atoms with Crippen molar-refractivity contribution < 1.29 is 18.3 Å². The Balaban J connectivity index is 3.10. The lowest BCUT2D eigenvalue weighted by molar-refractivity contribution is 0.394. The molecule has 0 heterocycles. The minimum absolute atomic E-state index is 0.348. The van der Waals surface area contributed by atoms with E-state index >= 15 is 0 Å². The minimum atomic E-state index is -1.75. The van der Waals surface area contributed by atoms with Gasteiger partial charge in [0.15, 0.2) is 0 Å². The second-order valence-electron chi connectivity index (χ2n) is 2.58. The van der Waals surface area contributed by atoms with Gasteiger partial charge in [-0.05, 0) is 17.7 Å². The molecule has 0 atom stereocenters. The van der Waals surface area contributed by atoms with Crippen LogP contribution in [0, 0.1) is 0 Å². The van der Waals surface area contributed by atoms with Crippen molar-refractivity contribution in [1.82, 2.24) is 0 Å². The molecule has 76 valence electrons. The molecule has 1 aromatic carbocycles. The van der Waals surface area contributed by atoms with Crippen molar-refractivity contribution in [3.05, 3.63) is 29.8 Å². The van der Waals surface area contributed by atoms with E-state index < -0.39 is 6.08 Å². The third kappa shape index (κ3) is 2.73. The van der Waals surface area contributed by atoms with Crippen LogP contribution in [0.25, 0.3) is 6.08 Å². The lowest BCUT2D eigenvalue weighted by atomic mass is 10.2. The third-order valence-corrected chi connectivity index (χ3v) is 1.65. The molecule has 0 amide bonds. The lowest BCUT2D eigenvalue weighted by Gasteiger charge is -2.05. The molecule has 0 saturated carbocycles. The first-order chi connectivity index (χ1) is 6.65. The topological polar surface area (TPSA) is 18.5 Å². The molecular weight excluding hydrogens is 190 g/mol. The molecule has 0 aliphatic rings. The van der Waals surface area contributed by atoms with E-state index in [2.05, 4.69) is 0 Å². The first-order valence-electron chi connectivity index (χ1n) is 3.91. The van der Waals surface area contributed by atoms with Gasteiger partial charge in [0.25, 0.3) is 6.08 Å². The largest absolute Gasteiger partial charge is 0.497 e. The Labute approximate surface area is 80.8 Å². The summed E-state index contributed by atoms with van der Waals surface area (Å²) in [7, 11) is 2.93. The van der Waals surface area contributed by atoms with Gasteiger partial charge >= 0.3 is 0 Å². The smallest absolute Gasteiger partial charge is 0.270 e. The summed E-state index contributed by atoms with van der Waals surface area (Å²) < 4.78 is 33.8. The van der Waals surface area contributed by atoms with Gasteiger partial charge in [0, 0.05) is 12.1 Å². The Hall–Kier alpha value is -1.58. The summed E-state index contributed by atoms with van der Waals surface area (Å²) in [6.45, 7) is 0. The first-order valence-corrected chi connectivity index (χ1v) is 3.91. The van der Waals surface area contributed by atoms with Gasteiger partial charge in [-0.25, -0.2) is 0 Å². The van der Waals surface area contributed by atoms with E-state index in [1.807, 2.05) is 0 Å². The van der Waals surface area contributed by atoms with Crippen molar-refractivity contribution in [2.24, 2.45) is 0 Å².